The Kier molecular flexibility index (Phi) is 6.96. The molecule has 0 bridgehead atoms. The van der Waals surface area contributed by atoms with Crippen molar-refractivity contribution in [1.82, 2.24) is 24.6 Å². The van der Waals surface area contributed by atoms with E-state index in [9.17, 15) is 18.0 Å². The second-order valence-corrected chi connectivity index (χ2v) is 7.59. The van der Waals surface area contributed by atoms with Gasteiger partial charge in [-0.2, -0.15) is 13.2 Å². The van der Waals surface area contributed by atoms with Crippen LogP contribution in [0, 0.1) is 0 Å². The normalized spacial score (nSPS) is 15.9. The Morgan fingerprint density at radius 1 is 1.14 bits per heavy atom. The number of piperazine rings is 1. The number of halogens is 3. The minimum atomic E-state index is -4.56. The summed E-state index contributed by atoms with van der Waals surface area (Å²) < 4.78 is 39.1. The summed E-state index contributed by atoms with van der Waals surface area (Å²) in [5.41, 5.74) is 1.15. The quantitative estimate of drug-likeness (QED) is 0.667. The number of carbonyl (C=O) groups excluding carboxylic acids is 1. The average molecular weight is 425 g/mol. The molecule has 0 atom stereocenters. The van der Waals surface area contributed by atoms with Crippen LogP contribution >= 0.6 is 11.8 Å². The maximum absolute atomic E-state index is 12.8. The summed E-state index contributed by atoms with van der Waals surface area (Å²) in [4.78, 5) is 16.4. The lowest BCUT2D eigenvalue weighted by atomic mass is 10.2. The summed E-state index contributed by atoms with van der Waals surface area (Å²) in [5, 5.41) is 6.79. The molecule has 1 saturated heterocycles. The average Bonchev–Trinajstić information content (AvgIpc) is 3.08. The highest BCUT2D eigenvalue weighted by atomic mass is 32.2. The molecule has 1 aliphatic rings. The maximum Gasteiger partial charge on any atom is 0.451 e. The van der Waals surface area contributed by atoms with Gasteiger partial charge in [0.15, 0.2) is 5.16 Å². The van der Waals surface area contributed by atoms with E-state index in [1.165, 1.54) is 7.05 Å². The van der Waals surface area contributed by atoms with Gasteiger partial charge in [-0.25, -0.2) is 0 Å². The number of amides is 1. The van der Waals surface area contributed by atoms with Crippen molar-refractivity contribution in [2.75, 3.05) is 38.5 Å². The van der Waals surface area contributed by atoms with Gasteiger partial charge in [0.25, 0.3) is 0 Å². The minimum absolute atomic E-state index is 0.0394. The summed E-state index contributed by atoms with van der Waals surface area (Å²) in [6.45, 7) is 3.54. The summed E-state index contributed by atoms with van der Waals surface area (Å²) in [5.74, 6) is -1.13. The Bertz CT molecular complexity index is 845. The van der Waals surface area contributed by atoms with Gasteiger partial charge >= 0.3 is 6.18 Å². The van der Waals surface area contributed by atoms with Gasteiger partial charge < -0.3 is 9.47 Å². The number of nitrogens with zero attached hydrogens (tertiary/aromatic N) is 5. The molecule has 10 heteroatoms. The molecule has 156 valence electrons. The van der Waals surface area contributed by atoms with Crippen LogP contribution in [0.5, 0.6) is 0 Å². The Hall–Kier alpha value is -2.33. The summed E-state index contributed by atoms with van der Waals surface area (Å²) >= 11 is 0.971. The van der Waals surface area contributed by atoms with Crippen molar-refractivity contribution in [3.8, 4) is 0 Å². The van der Waals surface area contributed by atoms with Crippen molar-refractivity contribution in [2.24, 2.45) is 7.05 Å². The van der Waals surface area contributed by atoms with Crippen LogP contribution in [0.4, 0.5) is 13.2 Å². The van der Waals surface area contributed by atoms with E-state index in [0.29, 0.717) is 13.1 Å². The number of hydrogen-bond donors (Lipinski definition) is 0. The summed E-state index contributed by atoms with van der Waals surface area (Å²) in [7, 11) is 1.25. The van der Waals surface area contributed by atoms with Gasteiger partial charge in [0.05, 0.1) is 5.75 Å². The van der Waals surface area contributed by atoms with Crippen LogP contribution in [0.1, 0.15) is 11.4 Å². The Morgan fingerprint density at radius 2 is 1.83 bits per heavy atom. The van der Waals surface area contributed by atoms with Gasteiger partial charge in [-0.05, 0) is 5.56 Å². The predicted molar refractivity (Wildman–Crippen MR) is 105 cm³/mol. The molecule has 1 amide bonds. The molecule has 1 fully saturated rings. The smallest absolute Gasteiger partial charge is 0.339 e. The van der Waals surface area contributed by atoms with Crippen LogP contribution in [-0.4, -0.2) is 68.9 Å². The van der Waals surface area contributed by atoms with Crippen molar-refractivity contribution >= 4 is 23.7 Å². The molecule has 1 aromatic carbocycles. The molecule has 0 radical (unpaired) electrons. The van der Waals surface area contributed by atoms with E-state index >= 15 is 0 Å². The van der Waals surface area contributed by atoms with Crippen molar-refractivity contribution < 1.29 is 18.0 Å². The van der Waals surface area contributed by atoms with Crippen LogP contribution < -0.4 is 0 Å². The fourth-order valence-electron chi connectivity index (χ4n) is 2.99. The van der Waals surface area contributed by atoms with Gasteiger partial charge in [0, 0.05) is 39.8 Å². The Labute approximate surface area is 171 Å². The molecule has 3 rings (SSSR count). The van der Waals surface area contributed by atoms with Crippen LogP contribution in [0.25, 0.3) is 6.08 Å². The molecule has 2 heterocycles. The fraction of sp³-hybridized carbons (Fsp3) is 0.421. The molecule has 6 nitrogen and oxygen atoms in total. The zero-order valence-corrected chi connectivity index (χ0v) is 16.8. The standard InChI is InChI=1S/C19H22F3N5OS/c1-25-17(19(20,21)22)23-24-18(25)29-14-16(28)27-12-10-26(11-13-27)9-5-8-15-6-3-2-4-7-15/h2-8H,9-14H2,1H3/b8-5+. The topological polar surface area (TPSA) is 54.3 Å². The highest BCUT2D eigenvalue weighted by molar-refractivity contribution is 7.99. The molecule has 0 aliphatic carbocycles. The second kappa shape index (κ2) is 9.45. The third kappa shape index (κ3) is 5.83. The van der Waals surface area contributed by atoms with E-state index < -0.39 is 12.0 Å². The van der Waals surface area contributed by atoms with Crippen molar-refractivity contribution in [3.05, 3.63) is 47.8 Å². The first-order valence-corrected chi connectivity index (χ1v) is 10.1. The van der Waals surface area contributed by atoms with E-state index in [2.05, 4.69) is 27.2 Å². The van der Waals surface area contributed by atoms with E-state index in [4.69, 9.17) is 0 Å². The molecule has 0 N–H and O–H groups in total. The molecule has 29 heavy (non-hydrogen) atoms. The number of alkyl halides is 3. The molecule has 0 spiro atoms. The number of aromatic nitrogens is 3. The van der Waals surface area contributed by atoms with E-state index in [1.54, 1.807) is 4.90 Å². The minimum Gasteiger partial charge on any atom is -0.339 e. The highest BCUT2D eigenvalue weighted by Gasteiger charge is 2.37. The molecule has 0 unspecified atom stereocenters. The highest BCUT2D eigenvalue weighted by Crippen LogP contribution is 2.29. The molecule has 2 aromatic rings. The van der Waals surface area contributed by atoms with Crippen molar-refractivity contribution in [3.63, 3.8) is 0 Å². The van der Waals surface area contributed by atoms with E-state index in [0.717, 1.165) is 41.5 Å². The number of carbonyl (C=O) groups is 1. The number of rotatable bonds is 6. The largest absolute Gasteiger partial charge is 0.451 e. The van der Waals surface area contributed by atoms with Gasteiger partial charge in [-0.3, -0.25) is 9.69 Å². The first-order valence-electron chi connectivity index (χ1n) is 9.15. The lowest BCUT2D eigenvalue weighted by molar-refractivity contribution is -0.147. The lowest BCUT2D eigenvalue weighted by Gasteiger charge is -2.34. The summed E-state index contributed by atoms with van der Waals surface area (Å²) in [6.07, 6.45) is -0.380. The van der Waals surface area contributed by atoms with Crippen molar-refractivity contribution in [2.45, 2.75) is 11.3 Å². The summed E-state index contributed by atoms with van der Waals surface area (Å²) in [6, 6.07) is 10.0. The van der Waals surface area contributed by atoms with Gasteiger partial charge in [-0.15, -0.1) is 10.2 Å². The van der Waals surface area contributed by atoms with Crippen LogP contribution in [0.15, 0.2) is 41.6 Å². The zero-order valence-electron chi connectivity index (χ0n) is 16.0. The van der Waals surface area contributed by atoms with Crippen molar-refractivity contribution in [1.29, 1.82) is 0 Å². The fourth-order valence-corrected chi connectivity index (χ4v) is 3.80. The SMILES string of the molecule is Cn1c(SCC(=O)N2CCN(C/C=C/c3ccccc3)CC2)nnc1C(F)(F)F. The van der Waals surface area contributed by atoms with Crippen LogP contribution in [0.3, 0.4) is 0 Å². The third-order valence-electron chi connectivity index (χ3n) is 4.61. The van der Waals surface area contributed by atoms with Crippen LogP contribution in [-0.2, 0) is 18.0 Å². The zero-order chi connectivity index (χ0) is 20.9. The number of benzene rings is 1. The van der Waals surface area contributed by atoms with Gasteiger partial charge in [0.2, 0.25) is 11.7 Å². The lowest BCUT2D eigenvalue weighted by Crippen LogP contribution is -2.49. The third-order valence-corrected chi connectivity index (χ3v) is 5.62. The molecule has 1 aromatic heterocycles. The molecular formula is C19H22F3N5OS. The van der Waals surface area contributed by atoms with Crippen LogP contribution in [0.2, 0.25) is 0 Å². The Morgan fingerprint density at radius 3 is 2.45 bits per heavy atom. The van der Waals surface area contributed by atoms with E-state index in [-0.39, 0.29) is 16.8 Å². The molecule has 1 aliphatic heterocycles. The molecular weight excluding hydrogens is 403 g/mol. The predicted octanol–water partition coefficient (Wildman–Crippen LogP) is 2.78. The molecule has 0 saturated carbocycles. The van der Waals surface area contributed by atoms with E-state index in [1.807, 2.05) is 30.3 Å². The Balaban J connectivity index is 1.42. The first kappa shape index (κ1) is 21.4. The monoisotopic (exact) mass is 425 g/mol. The van der Waals surface area contributed by atoms with Gasteiger partial charge in [0.1, 0.15) is 0 Å². The van der Waals surface area contributed by atoms with Gasteiger partial charge in [-0.1, -0.05) is 54.2 Å². The number of hydrogen-bond acceptors (Lipinski definition) is 5. The first-order chi connectivity index (χ1) is 13.8. The maximum atomic E-state index is 12.8. The second-order valence-electron chi connectivity index (χ2n) is 6.65. The number of thioether (sulfide) groups is 1.